The van der Waals surface area contributed by atoms with Crippen LogP contribution in [0.1, 0.15) is 12.8 Å². The lowest BCUT2D eigenvalue weighted by molar-refractivity contribution is -0.119. The van der Waals surface area contributed by atoms with Gasteiger partial charge < -0.3 is 10.6 Å². The number of nitrogens with two attached hydrogens (primary N) is 1. The Balaban J connectivity index is 2.22. The maximum absolute atomic E-state index is 11.3. The van der Waals surface area contributed by atoms with Gasteiger partial charge in [-0.1, -0.05) is 6.07 Å². The second-order valence-corrected chi connectivity index (χ2v) is 3.50. The summed E-state index contributed by atoms with van der Waals surface area (Å²) in [7, 11) is 0. The highest BCUT2D eigenvalue weighted by Gasteiger charge is 2.27. The second kappa shape index (κ2) is 4.29. The monoisotopic (exact) mass is 203 g/mol. The Labute approximate surface area is 89.1 Å². The van der Waals surface area contributed by atoms with Crippen LogP contribution < -0.4 is 10.6 Å². The SMILES string of the molecule is NC(=O)C1C[C]CCN1c1ccccn1. The van der Waals surface area contributed by atoms with Gasteiger partial charge in [-0.3, -0.25) is 4.79 Å². The number of nitrogens with zero attached hydrogens (tertiary/aromatic N) is 2. The van der Waals surface area contributed by atoms with Crippen molar-refractivity contribution >= 4 is 11.7 Å². The number of hydrogen-bond donors (Lipinski definition) is 1. The van der Waals surface area contributed by atoms with Crippen LogP contribution in [-0.4, -0.2) is 23.5 Å². The molecule has 1 aromatic rings. The van der Waals surface area contributed by atoms with Crippen molar-refractivity contribution in [1.82, 2.24) is 4.98 Å². The quantitative estimate of drug-likeness (QED) is 0.766. The van der Waals surface area contributed by atoms with Crippen molar-refractivity contribution in [2.45, 2.75) is 18.9 Å². The number of hydrogen-bond acceptors (Lipinski definition) is 3. The molecule has 1 amide bonds. The number of carbonyl (C=O) groups excluding carboxylic acids is 1. The fourth-order valence-electron chi connectivity index (χ4n) is 1.76. The molecule has 2 N–H and O–H groups in total. The topological polar surface area (TPSA) is 59.2 Å². The Hall–Kier alpha value is -1.58. The van der Waals surface area contributed by atoms with Crippen molar-refractivity contribution in [3.05, 3.63) is 30.8 Å². The van der Waals surface area contributed by atoms with E-state index in [2.05, 4.69) is 11.4 Å². The Bertz CT molecular complexity index is 339. The summed E-state index contributed by atoms with van der Waals surface area (Å²) in [6.45, 7) is 0.755. The number of rotatable bonds is 2. The molecule has 0 aliphatic carbocycles. The lowest BCUT2D eigenvalue weighted by Gasteiger charge is -2.34. The van der Waals surface area contributed by atoms with Gasteiger partial charge in [0.1, 0.15) is 11.9 Å². The lowest BCUT2D eigenvalue weighted by atomic mass is 10.0. The summed E-state index contributed by atoms with van der Waals surface area (Å²) < 4.78 is 0. The van der Waals surface area contributed by atoms with Crippen molar-refractivity contribution in [3.63, 3.8) is 0 Å². The summed E-state index contributed by atoms with van der Waals surface area (Å²) >= 11 is 0. The molecule has 2 radical (unpaired) electrons. The fraction of sp³-hybridized carbons (Fsp3) is 0.364. The normalized spacial score (nSPS) is 21.3. The molecule has 1 aromatic heterocycles. The first-order valence-electron chi connectivity index (χ1n) is 4.97. The summed E-state index contributed by atoms with van der Waals surface area (Å²) in [5.74, 6) is 0.496. The lowest BCUT2D eigenvalue weighted by Crippen LogP contribution is -2.48. The fourth-order valence-corrected chi connectivity index (χ4v) is 1.76. The van der Waals surface area contributed by atoms with Crippen LogP contribution in [0.25, 0.3) is 0 Å². The molecule has 2 rings (SSSR count). The first kappa shape index (κ1) is 9.96. The number of pyridine rings is 1. The summed E-state index contributed by atoms with van der Waals surface area (Å²) in [5, 5.41) is 0. The Morgan fingerprint density at radius 1 is 1.60 bits per heavy atom. The van der Waals surface area contributed by atoms with Gasteiger partial charge in [0.15, 0.2) is 0 Å². The molecule has 15 heavy (non-hydrogen) atoms. The van der Waals surface area contributed by atoms with Gasteiger partial charge >= 0.3 is 0 Å². The van der Waals surface area contributed by atoms with Crippen LogP contribution in [0.4, 0.5) is 5.82 Å². The van der Waals surface area contributed by atoms with Crippen LogP contribution in [-0.2, 0) is 4.79 Å². The van der Waals surface area contributed by atoms with Crippen LogP contribution in [0.3, 0.4) is 0 Å². The number of aromatic nitrogens is 1. The van der Waals surface area contributed by atoms with Gasteiger partial charge in [-0.2, -0.15) is 0 Å². The molecule has 1 saturated heterocycles. The highest BCUT2D eigenvalue weighted by atomic mass is 16.1. The number of primary amides is 1. The maximum Gasteiger partial charge on any atom is 0.240 e. The first-order valence-corrected chi connectivity index (χ1v) is 4.97. The Kier molecular flexibility index (Phi) is 2.85. The van der Waals surface area contributed by atoms with Crippen LogP contribution in [0.5, 0.6) is 0 Å². The molecule has 2 heterocycles. The van der Waals surface area contributed by atoms with E-state index in [-0.39, 0.29) is 11.9 Å². The molecule has 0 spiro atoms. The third-order valence-corrected chi connectivity index (χ3v) is 2.52. The molecule has 1 fully saturated rings. The minimum absolute atomic E-state index is 0.298. The van der Waals surface area contributed by atoms with Crippen molar-refractivity contribution < 1.29 is 4.79 Å². The van der Waals surface area contributed by atoms with E-state index in [4.69, 9.17) is 5.73 Å². The average Bonchev–Trinajstić information content (AvgIpc) is 2.30. The Morgan fingerprint density at radius 2 is 2.47 bits per heavy atom. The Morgan fingerprint density at radius 3 is 3.13 bits per heavy atom. The van der Waals surface area contributed by atoms with Crippen LogP contribution >= 0.6 is 0 Å². The predicted octanol–water partition coefficient (Wildman–Crippen LogP) is 0.617. The van der Waals surface area contributed by atoms with E-state index >= 15 is 0 Å². The standard InChI is InChI=1S/C11H13N3O/c12-11(15)9-5-2-4-8-14(9)10-6-1-3-7-13-10/h1,3,6-7,9H,4-5,8H2,(H2,12,15). The van der Waals surface area contributed by atoms with Gasteiger partial charge in [0.25, 0.3) is 0 Å². The molecular formula is C11H13N3O. The second-order valence-electron chi connectivity index (χ2n) is 3.50. The van der Waals surface area contributed by atoms with Gasteiger partial charge in [0.2, 0.25) is 5.91 Å². The minimum atomic E-state index is -0.312. The number of carbonyl (C=O) groups is 1. The first-order chi connectivity index (χ1) is 7.29. The summed E-state index contributed by atoms with van der Waals surface area (Å²) in [5.41, 5.74) is 5.35. The largest absolute Gasteiger partial charge is 0.368 e. The molecule has 1 aliphatic heterocycles. The smallest absolute Gasteiger partial charge is 0.240 e. The van der Waals surface area contributed by atoms with E-state index in [0.29, 0.717) is 6.42 Å². The molecule has 4 heteroatoms. The summed E-state index contributed by atoms with van der Waals surface area (Å²) in [6, 6.07) is 5.35. The molecule has 0 aromatic carbocycles. The zero-order valence-corrected chi connectivity index (χ0v) is 8.39. The number of piperidine rings is 1. The van der Waals surface area contributed by atoms with Crippen LogP contribution in [0.15, 0.2) is 24.4 Å². The zero-order chi connectivity index (χ0) is 10.7. The molecule has 0 bridgehead atoms. The van der Waals surface area contributed by atoms with Gasteiger partial charge in [0.05, 0.1) is 0 Å². The summed E-state index contributed by atoms with van der Waals surface area (Å²) in [6.07, 6.45) is 6.30. The molecule has 1 unspecified atom stereocenters. The molecule has 1 atom stereocenters. The van der Waals surface area contributed by atoms with Crippen LogP contribution in [0, 0.1) is 6.42 Å². The molecule has 78 valence electrons. The van der Waals surface area contributed by atoms with Crippen molar-refractivity contribution in [1.29, 1.82) is 0 Å². The van der Waals surface area contributed by atoms with Crippen molar-refractivity contribution in [2.75, 3.05) is 11.4 Å². The molecule has 1 aliphatic rings. The third kappa shape index (κ3) is 2.09. The minimum Gasteiger partial charge on any atom is -0.368 e. The highest BCUT2D eigenvalue weighted by molar-refractivity contribution is 5.83. The number of anilines is 1. The molecule has 0 saturated carbocycles. The van der Waals surface area contributed by atoms with Gasteiger partial charge in [-0.25, -0.2) is 4.98 Å². The summed E-state index contributed by atoms with van der Waals surface area (Å²) in [4.78, 5) is 17.4. The van der Waals surface area contributed by atoms with Crippen molar-refractivity contribution in [3.8, 4) is 0 Å². The van der Waals surface area contributed by atoms with E-state index in [1.165, 1.54) is 0 Å². The van der Waals surface area contributed by atoms with Crippen molar-refractivity contribution in [2.24, 2.45) is 5.73 Å². The third-order valence-electron chi connectivity index (χ3n) is 2.52. The van der Waals surface area contributed by atoms with Crippen LogP contribution in [0.2, 0.25) is 0 Å². The number of amides is 1. The van der Waals surface area contributed by atoms with E-state index in [1.54, 1.807) is 6.20 Å². The van der Waals surface area contributed by atoms with Gasteiger partial charge in [-0.15, -0.1) is 0 Å². The van der Waals surface area contributed by atoms with E-state index in [1.807, 2.05) is 23.1 Å². The predicted molar refractivity (Wildman–Crippen MR) is 57.0 cm³/mol. The van der Waals surface area contributed by atoms with Gasteiger partial charge in [-0.05, 0) is 31.4 Å². The maximum atomic E-state index is 11.3. The highest BCUT2D eigenvalue weighted by Crippen LogP contribution is 2.21. The average molecular weight is 203 g/mol. The zero-order valence-electron chi connectivity index (χ0n) is 8.39. The van der Waals surface area contributed by atoms with E-state index in [0.717, 1.165) is 18.8 Å². The molecular weight excluding hydrogens is 190 g/mol. The van der Waals surface area contributed by atoms with E-state index < -0.39 is 0 Å². The van der Waals surface area contributed by atoms with Gasteiger partial charge in [0, 0.05) is 12.7 Å². The van der Waals surface area contributed by atoms with E-state index in [9.17, 15) is 4.79 Å². The molecule has 4 nitrogen and oxygen atoms in total.